The van der Waals surface area contributed by atoms with Gasteiger partial charge in [-0.1, -0.05) is 54.6 Å². The number of carbonyl (C=O) groups is 1. The van der Waals surface area contributed by atoms with Crippen molar-refractivity contribution in [1.29, 1.82) is 0 Å². The minimum atomic E-state index is -3.80. The summed E-state index contributed by atoms with van der Waals surface area (Å²) in [7, 11) is -2.26. The van der Waals surface area contributed by atoms with Gasteiger partial charge in [0.2, 0.25) is 15.9 Å². The first-order valence-corrected chi connectivity index (χ1v) is 14.7. The molecule has 2 aromatic carbocycles. The number of carbonyl (C=O) groups excluding carboxylic acids is 1. The van der Waals surface area contributed by atoms with Crippen LogP contribution in [0.15, 0.2) is 65.7 Å². The lowest BCUT2D eigenvalue weighted by Gasteiger charge is -2.35. The molecule has 39 heavy (non-hydrogen) atoms. The number of aromatic nitrogens is 3. The van der Waals surface area contributed by atoms with Gasteiger partial charge in [-0.25, -0.2) is 13.1 Å². The monoisotopic (exact) mass is 555 g/mol. The molecule has 3 atom stereocenters. The first kappa shape index (κ1) is 28.9. The van der Waals surface area contributed by atoms with E-state index in [1.165, 1.54) is 11.4 Å². The Hall–Kier alpha value is -3.12. The van der Waals surface area contributed by atoms with Crippen LogP contribution >= 0.6 is 0 Å². The Labute approximate surface area is 230 Å². The van der Waals surface area contributed by atoms with Crippen LogP contribution in [0, 0.1) is 5.92 Å². The van der Waals surface area contributed by atoms with Gasteiger partial charge in [-0.15, -0.1) is 5.10 Å². The number of aryl methyl sites for hydroxylation is 1. The number of likely N-dealkylation sites (N-methyl/N-ethyl adjacent to an activating group) is 1. The lowest BCUT2D eigenvalue weighted by atomic mass is 10.0. The third-order valence-corrected chi connectivity index (χ3v) is 9.08. The molecule has 0 saturated carbocycles. The first-order chi connectivity index (χ1) is 18.7. The van der Waals surface area contributed by atoms with Crippen molar-refractivity contribution in [3.8, 4) is 11.1 Å². The third kappa shape index (κ3) is 6.91. The summed E-state index contributed by atoms with van der Waals surface area (Å²) >= 11 is 0. The number of fused-ring (bicyclic) bond motifs is 1. The highest BCUT2D eigenvalue weighted by atomic mass is 32.2. The molecule has 11 heteroatoms. The van der Waals surface area contributed by atoms with Gasteiger partial charge in [0.05, 0.1) is 42.1 Å². The second kappa shape index (κ2) is 12.8. The van der Waals surface area contributed by atoms with Crippen LogP contribution in [0.2, 0.25) is 0 Å². The molecular formula is C28H37N5O5S. The van der Waals surface area contributed by atoms with Crippen molar-refractivity contribution >= 4 is 15.9 Å². The summed E-state index contributed by atoms with van der Waals surface area (Å²) in [6, 6.07) is 16.3. The zero-order valence-corrected chi connectivity index (χ0v) is 23.5. The molecule has 1 amide bonds. The number of nitrogens with zero attached hydrogens (tertiary/aromatic N) is 5. The van der Waals surface area contributed by atoms with Crippen molar-refractivity contribution in [2.75, 3.05) is 26.7 Å². The number of hydrogen-bond acceptors (Lipinski definition) is 7. The maximum Gasteiger partial charge on any atom is 0.242 e. The molecule has 210 valence electrons. The average molecular weight is 556 g/mol. The topological polar surface area (TPSA) is 118 Å². The summed E-state index contributed by atoms with van der Waals surface area (Å²) in [4.78, 5) is 14.9. The Morgan fingerprint density at radius 2 is 1.82 bits per heavy atom. The standard InChI is InChI=1S/C28H37N5O5S/c1-21-17-32(22(2)19-34)28(35)10-7-15-33-25(16-29-30-33)20-38-27(21)18-31(3)39(36,37)26-13-11-24(12-14-26)23-8-5-4-6-9-23/h4-6,8-9,11-14,16,21-22,27,34H,7,10,15,17-20H2,1-3H3/t21-,22+,27-/m1/s1. The number of ether oxygens (including phenoxy) is 1. The molecule has 0 saturated heterocycles. The number of hydrogen-bond donors (Lipinski definition) is 1. The lowest BCUT2D eigenvalue weighted by molar-refractivity contribution is -0.136. The van der Waals surface area contributed by atoms with Crippen LogP contribution in [-0.2, 0) is 32.7 Å². The first-order valence-electron chi connectivity index (χ1n) is 13.2. The predicted molar refractivity (Wildman–Crippen MR) is 147 cm³/mol. The Kier molecular flexibility index (Phi) is 9.49. The molecule has 1 aromatic heterocycles. The fourth-order valence-corrected chi connectivity index (χ4v) is 5.91. The zero-order chi connectivity index (χ0) is 28.0. The maximum atomic E-state index is 13.5. The zero-order valence-electron chi connectivity index (χ0n) is 22.7. The van der Waals surface area contributed by atoms with Gasteiger partial charge in [0.25, 0.3) is 0 Å². The van der Waals surface area contributed by atoms with Crippen LogP contribution in [0.25, 0.3) is 11.1 Å². The van der Waals surface area contributed by atoms with E-state index in [2.05, 4.69) is 10.3 Å². The molecule has 1 aliphatic heterocycles. The quantitative estimate of drug-likeness (QED) is 0.476. The van der Waals surface area contributed by atoms with E-state index in [0.29, 0.717) is 25.9 Å². The second-order valence-corrected chi connectivity index (χ2v) is 12.2. The molecule has 3 aromatic rings. The summed E-state index contributed by atoms with van der Waals surface area (Å²) in [6.45, 7) is 4.72. The maximum absolute atomic E-state index is 13.5. The van der Waals surface area contributed by atoms with Crippen molar-refractivity contribution < 1.29 is 23.1 Å². The van der Waals surface area contributed by atoms with E-state index in [1.807, 2.05) is 37.3 Å². The predicted octanol–water partition coefficient (Wildman–Crippen LogP) is 2.79. The van der Waals surface area contributed by atoms with Crippen LogP contribution in [0.4, 0.5) is 0 Å². The highest BCUT2D eigenvalue weighted by molar-refractivity contribution is 7.89. The third-order valence-electron chi connectivity index (χ3n) is 7.25. The average Bonchev–Trinajstić information content (AvgIpc) is 3.40. The molecular weight excluding hydrogens is 518 g/mol. The summed E-state index contributed by atoms with van der Waals surface area (Å²) in [5.74, 6) is -0.284. The van der Waals surface area contributed by atoms with Gasteiger partial charge < -0.3 is 14.7 Å². The van der Waals surface area contributed by atoms with Gasteiger partial charge in [0, 0.05) is 39.0 Å². The molecule has 2 heterocycles. The SMILES string of the molecule is C[C@@H]1CN([C@@H](C)CO)C(=O)CCCn2nncc2CO[C@@H]1CN(C)S(=O)(=O)c1ccc(-c2ccccc2)cc1. The summed E-state index contributed by atoms with van der Waals surface area (Å²) in [6.07, 6.45) is 2.00. The number of rotatable bonds is 7. The summed E-state index contributed by atoms with van der Waals surface area (Å²) < 4.78 is 36.3. The van der Waals surface area contributed by atoms with Crippen molar-refractivity contribution in [3.63, 3.8) is 0 Å². The fraction of sp³-hybridized carbons (Fsp3) is 0.464. The van der Waals surface area contributed by atoms with Gasteiger partial charge in [0.15, 0.2) is 0 Å². The van der Waals surface area contributed by atoms with Gasteiger partial charge in [-0.2, -0.15) is 4.31 Å². The van der Waals surface area contributed by atoms with Crippen LogP contribution in [0.5, 0.6) is 0 Å². The van der Waals surface area contributed by atoms with E-state index < -0.39 is 16.1 Å². The number of aliphatic hydroxyl groups is 1. The second-order valence-electron chi connectivity index (χ2n) is 10.1. The molecule has 4 rings (SSSR count). The summed E-state index contributed by atoms with van der Waals surface area (Å²) in [5.41, 5.74) is 2.71. The molecule has 0 bridgehead atoms. The van der Waals surface area contributed by atoms with Crippen LogP contribution in [0.1, 0.15) is 32.4 Å². The fourth-order valence-electron chi connectivity index (χ4n) is 4.73. The van der Waals surface area contributed by atoms with Crippen molar-refractivity contribution in [2.24, 2.45) is 5.92 Å². The number of amides is 1. The van der Waals surface area contributed by atoms with Gasteiger partial charge in [0.1, 0.15) is 0 Å². The highest BCUT2D eigenvalue weighted by Gasteiger charge is 2.31. The Morgan fingerprint density at radius 1 is 1.13 bits per heavy atom. The number of sulfonamides is 1. The van der Waals surface area contributed by atoms with E-state index in [-0.39, 0.29) is 42.5 Å². The van der Waals surface area contributed by atoms with Crippen molar-refractivity contribution in [1.82, 2.24) is 24.2 Å². The molecule has 0 fully saturated rings. The van der Waals surface area contributed by atoms with E-state index in [1.54, 1.807) is 47.0 Å². The van der Waals surface area contributed by atoms with Gasteiger partial charge in [-0.05, 0) is 36.6 Å². The number of benzene rings is 2. The molecule has 0 radical (unpaired) electrons. The Balaban J connectivity index is 1.56. The van der Waals surface area contributed by atoms with E-state index in [9.17, 15) is 18.3 Å². The normalized spacial score (nSPS) is 20.2. The largest absolute Gasteiger partial charge is 0.394 e. The van der Waals surface area contributed by atoms with E-state index >= 15 is 0 Å². The van der Waals surface area contributed by atoms with E-state index in [0.717, 1.165) is 16.8 Å². The van der Waals surface area contributed by atoms with Crippen molar-refractivity contribution in [2.45, 2.75) is 56.9 Å². The molecule has 10 nitrogen and oxygen atoms in total. The Morgan fingerprint density at radius 3 is 2.51 bits per heavy atom. The van der Waals surface area contributed by atoms with Gasteiger partial charge >= 0.3 is 0 Å². The molecule has 1 aliphatic rings. The highest BCUT2D eigenvalue weighted by Crippen LogP contribution is 2.24. The van der Waals surface area contributed by atoms with Crippen LogP contribution < -0.4 is 0 Å². The molecule has 0 unspecified atom stereocenters. The smallest absolute Gasteiger partial charge is 0.242 e. The molecule has 0 aliphatic carbocycles. The lowest BCUT2D eigenvalue weighted by Crippen LogP contribution is -2.47. The van der Waals surface area contributed by atoms with Gasteiger partial charge in [-0.3, -0.25) is 4.79 Å². The minimum absolute atomic E-state index is 0.0659. The van der Waals surface area contributed by atoms with Crippen LogP contribution in [-0.4, -0.2) is 82.5 Å². The molecule has 1 N–H and O–H groups in total. The molecule has 0 spiro atoms. The summed E-state index contributed by atoms with van der Waals surface area (Å²) in [5, 5.41) is 17.9. The minimum Gasteiger partial charge on any atom is -0.394 e. The van der Waals surface area contributed by atoms with E-state index in [4.69, 9.17) is 4.74 Å². The van der Waals surface area contributed by atoms with Crippen molar-refractivity contribution in [3.05, 3.63) is 66.5 Å². The van der Waals surface area contributed by atoms with Crippen LogP contribution in [0.3, 0.4) is 0 Å². The number of aliphatic hydroxyl groups excluding tert-OH is 1. The Bertz CT molecular complexity index is 1330.